The summed E-state index contributed by atoms with van der Waals surface area (Å²) in [7, 11) is 1.46. The molecule has 11 heteroatoms. The monoisotopic (exact) mass is 480 g/mol. The predicted octanol–water partition coefficient (Wildman–Crippen LogP) is 4.44. The first-order valence-electron chi connectivity index (χ1n) is 8.56. The summed E-state index contributed by atoms with van der Waals surface area (Å²) in [6.45, 7) is 0. The molecular weight excluding hydrogens is 464 g/mol. The Hall–Kier alpha value is -2.27. The van der Waals surface area contributed by atoms with Crippen molar-refractivity contribution in [1.29, 1.82) is 0 Å². The maximum absolute atomic E-state index is 12.0. The number of nitrogens with zero attached hydrogens (tertiary/aromatic N) is 3. The Morgan fingerprint density at radius 3 is 2.70 bits per heavy atom. The SMILES string of the molecule is COc1cc(/C=N\NC(=O)CSc2nnc(SCc3ccc(Cl)cc3)s2)ccc1O. The number of nitrogens with one attached hydrogen (secondary N) is 1. The number of hydrazone groups is 1. The van der Waals surface area contributed by atoms with Crippen molar-refractivity contribution in [2.75, 3.05) is 12.9 Å². The van der Waals surface area contributed by atoms with Crippen LogP contribution in [0.25, 0.3) is 0 Å². The fourth-order valence-corrected chi connectivity index (χ4v) is 5.05. The molecule has 0 saturated heterocycles. The molecule has 1 aromatic heterocycles. The molecule has 156 valence electrons. The number of hydrogen-bond donors (Lipinski definition) is 2. The zero-order valence-corrected chi connectivity index (χ0v) is 18.9. The third kappa shape index (κ3) is 6.91. The number of halogens is 1. The van der Waals surface area contributed by atoms with Crippen LogP contribution >= 0.6 is 46.5 Å². The van der Waals surface area contributed by atoms with E-state index in [1.54, 1.807) is 23.9 Å². The molecule has 2 N–H and O–H groups in total. The molecule has 1 heterocycles. The van der Waals surface area contributed by atoms with E-state index in [0.29, 0.717) is 16.3 Å². The first-order valence-corrected chi connectivity index (χ1v) is 11.7. The zero-order chi connectivity index (χ0) is 21.3. The molecule has 0 fully saturated rings. The number of aromatic nitrogens is 2. The van der Waals surface area contributed by atoms with Crippen LogP contribution in [0.15, 0.2) is 56.2 Å². The molecule has 0 atom stereocenters. The Kier molecular flexibility index (Phi) is 8.38. The van der Waals surface area contributed by atoms with Crippen LogP contribution in [-0.2, 0) is 10.5 Å². The number of methoxy groups -OCH3 is 1. The molecule has 0 aliphatic rings. The molecule has 30 heavy (non-hydrogen) atoms. The summed E-state index contributed by atoms with van der Waals surface area (Å²) in [6, 6.07) is 12.4. The van der Waals surface area contributed by atoms with Gasteiger partial charge in [0.25, 0.3) is 5.91 Å². The topological polar surface area (TPSA) is 96.7 Å². The maximum Gasteiger partial charge on any atom is 0.250 e. The second-order valence-corrected chi connectivity index (χ2v) is 9.62. The normalized spacial score (nSPS) is 11.0. The summed E-state index contributed by atoms with van der Waals surface area (Å²) < 4.78 is 6.59. The first kappa shape index (κ1) is 22.4. The minimum absolute atomic E-state index is 0.0397. The van der Waals surface area contributed by atoms with E-state index in [-0.39, 0.29) is 17.4 Å². The van der Waals surface area contributed by atoms with Gasteiger partial charge in [-0.05, 0) is 41.5 Å². The van der Waals surface area contributed by atoms with Crippen LogP contribution in [-0.4, -0.2) is 40.3 Å². The van der Waals surface area contributed by atoms with E-state index in [0.717, 1.165) is 20.0 Å². The Bertz CT molecular complexity index is 1030. The van der Waals surface area contributed by atoms with Crippen molar-refractivity contribution in [2.45, 2.75) is 14.4 Å². The van der Waals surface area contributed by atoms with Gasteiger partial charge in [0.2, 0.25) is 0 Å². The van der Waals surface area contributed by atoms with E-state index in [1.165, 1.54) is 42.5 Å². The van der Waals surface area contributed by atoms with Crippen molar-refractivity contribution in [3.63, 3.8) is 0 Å². The fraction of sp³-hybridized carbons (Fsp3) is 0.158. The summed E-state index contributed by atoms with van der Waals surface area (Å²) in [5.74, 6) is 1.06. The van der Waals surface area contributed by atoms with Gasteiger partial charge in [0.05, 0.1) is 19.1 Å². The number of amides is 1. The lowest BCUT2D eigenvalue weighted by Crippen LogP contribution is -2.19. The van der Waals surface area contributed by atoms with Crippen LogP contribution in [0.1, 0.15) is 11.1 Å². The van der Waals surface area contributed by atoms with Crippen LogP contribution in [0.5, 0.6) is 11.5 Å². The van der Waals surface area contributed by atoms with Gasteiger partial charge in [-0.1, -0.05) is 58.6 Å². The summed E-state index contributed by atoms with van der Waals surface area (Å²) in [6.07, 6.45) is 1.47. The summed E-state index contributed by atoms with van der Waals surface area (Å²) in [4.78, 5) is 12.0. The number of rotatable bonds is 9. The molecular formula is C19H17ClN4O3S3. The lowest BCUT2D eigenvalue weighted by molar-refractivity contribution is -0.118. The Morgan fingerprint density at radius 2 is 1.97 bits per heavy atom. The van der Waals surface area contributed by atoms with Gasteiger partial charge in [0.15, 0.2) is 20.2 Å². The van der Waals surface area contributed by atoms with Crippen LogP contribution in [0, 0.1) is 0 Å². The van der Waals surface area contributed by atoms with E-state index in [1.807, 2.05) is 24.3 Å². The molecule has 1 amide bonds. The Labute approximate surface area is 190 Å². The number of ether oxygens (including phenoxy) is 1. The van der Waals surface area contributed by atoms with Gasteiger partial charge < -0.3 is 9.84 Å². The number of phenolic OH excluding ortho intramolecular Hbond substituents is 1. The van der Waals surface area contributed by atoms with Crippen LogP contribution < -0.4 is 10.2 Å². The predicted molar refractivity (Wildman–Crippen MR) is 122 cm³/mol. The van der Waals surface area contributed by atoms with Gasteiger partial charge in [0.1, 0.15) is 0 Å². The van der Waals surface area contributed by atoms with E-state index in [9.17, 15) is 9.90 Å². The largest absolute Gasteiger partial charge is 0.504 e. The molecule has 3 rings (SSSR count). The number of hydrogen-bond acceptors (Lipinski definition) is 9. The highest BCUT2D eigenvalue weighted by Crippen LogP contribution is 2.31. The zero-order valence-electron chi connectivity index (χ0n) is 15.7. The van der Waals surface area contributed by atoms with Crippen LogP contribution in [0.4, 0.5) is 0 Å². The molecule has 2 aromatic carbocycles. The minimum Gasteiger partial charge on any atom is -0.504 e. The van der Waals surface area contributed by atoms with Gasteiger partial charge in [0, 0.05) is 10.8 Å². The second-order valence-electron chi connectivity index (χ2n) is 5.76. The second kappa shape index (κ2) is 11.2. The number of carbonyl (C=O) groups excluding carboxylic acids is 1. The van der Waals surface area contributed by atoms with E-state index >= 15 is 0 Å². The molecule has 0 aliphatic heterocycles. The van der Waals surface area contributed by atoms with E-state index in [4.69, 9.17) is 16.3 Å². The highest BCUT2D eigenvalue weighted by molar-refractivity contribution is 8.03. The third-order valence-electron chi connectivity index (χ3n) is 3.60. The van der Waals surface area contributed by atoms with Crippen molar-refractivity contribution in [3.05, 3.63) is 58.6 Å². The van der Waals surface area contributed by atoms with Gasteiger partial charge in [-0.3, -0.25) is 4.79 Å². The quantitative estimate of drug-likeness (QED) is 0.265. The summed E-state index contributed by atoms with van der Waals surface area (Å²) >= 11 is 10.2. The van der Waals surface area contributed by atoms with Crippen LogP contribution in [0.3, 0.4) is 0 Å². The van der Waals surface area contributed by atoms with Crippen molar-refractivity contribution >= 4 is 58.6 Å². The first-order chi connectivity index (χ1) is 14.5. The fourth-order valence-electron chi connectivity index (χ4n) is 2.15. The van der Waals surface area contributed by atoms with Gasteiger partial charge in [-0.25, -0.2) is 5.43 Å². The summed E-state index contributed by atoms with van der Waals surface area (Å²) in [5, 5.41) is 22.4. The molecule has 3 aromatic rings. The number of aromatic hydroxyl groups is 1. The van der Waals surface area contributed by atoms with Crippen molar-refractivity contribution in [2.24, 2.45) is 5.10 Å². The lowest BCUT2D eigenvalue weighted by Gasteiger charge is -2.03. The van der Waals surface area contributed by atoms with Gasteiger partial charge in [-0.2, -0.15) is 5.10 Å². The number of benzene rings is 2. The average Bonchev–Trinajstić information content (AvgIpc) is 3.21. The van der Waals surface area contributed by atoms with Crippen LogP contribution in [0.2, 0.25) is 5.02 Å². The number of thioether (sulfide) groups is 2. The molecule has 7 nitrogen and oxygen atoms in total. The van der Waals surface area contributed by atoms with Crippen molar-refractivity contribution in [3.8, 4) is 11.5 Å². The lowest BCUT2D eigenvalue weighted by atomic mass is 10.2. The molecule has 0 bridgehead atoms. The highest BCUT2D eigenvalue weighted by atomic mass is 35.5. The average molecular weight is 481 g/mol. The molecule has 0 spiro atoms. The highest BCUT2D eigenvalue weighted by Gasteiger charge is 2.09. The third-order valence-corrected chi connectivity index (χ3v) is 7.11. The Morgan fingerprint density at radius 1 is 1.23 bits per heavy atom. The molecule has 0 aliphatic carbocycles. The molecule has 0 radical (unpaired) electrons. The maximum atomic E-state index is 12.0. The number of phenols is 1. The smallest absolute Gasteiger partial charge is 0.250 e. The standard InChI is InChI=1S/C19H17ClN4O3S3/c1-27-16-8-13(4-7-15(16)25)9-21-22-17(26)11-29-19-24-23-18(30-19)28-10-12-2-5-14(20)6-3-12/h2-9,25H,10-11H2,1H3,(H,22,26)/b21-9-. The van der Waals surface area contributed by atoms with E-state index in [2.05, 4.69) is 20.7 Å². The molecule has 0 unspecified atom stereocenters. The van der Waals surface area contributed by atoms with E-state index < -0.39 is 0 Å². The molecule has 0 saturated carbocycles. The minimum atomic E-state index is -0.257. The van der Waals surface area contributed by atoms with Gasteiger partial charge >= 0.3 is 0 Å². The van der Waals surface area contributed by atoms with Crippen molar-refractivity contribution < 1.29 is 14.6 Å². The number of carbonyl (C=O) groups is 1. The summed E-state index contributed by atoms with van der Waals surface area (Å²) in [5.41, 5.74) is 4.29. The van der Waals surface area contributed by atoms with Gasteiger partial charge in [-0.15, -0.1) is 10.2 Å². The van der Waals surface area contributed by atoms with Crippen molar-refractivity contribution in [1.82, 2.24) is 15.6 Å². The Balaban J connectivity index is 1.42.